The minimum absolute atomic E-state index is 0.332. The zero-order chi connectivity index (χ0) is 13.9. The summed E-state index contributed by atoms with van der Waals surface area (Å²) in [6.45, 7) is 6.10. The van der Waals surface area contributed by atoms with Gasteiger partial charge in [-0.2, -0.15) is 0 Å². The van der Waals surface area contributed by atoms with Crippen molar-refractivity contribution in [3.05, 3.63) is 29.6 Å². The molecule has 0 aliphatic carbocycles. The van der Waals surface area contributed by atoms with Crippen LogP contribution in [0.4, 0.5) is 17.6 Å². The molecule has 0 heterocycles. The molecule has 0 radical (unpaired) electrons. The molecule has 0 fully saturated rings. The van der Waals surface area contributed by atoms with Crippen molar-refractivity contribution in [1.82, 2.24) is 0 Å². The molecule has 1 nitrogen and oxygen atoms in total. The molecule has 1 aromatic rings. The van der Waals surface area contributed by atoms with Crippen molar-refractivity contribution in [2.24, 2.45) is 11.8 Å². The average molecular weight is 264 g/mol. The fraction of sp³-hybridized carbons (Fsp3) is 0.538. The normalized spacial score (nSPS) is 13.8. The van der Waals surface area contributed by atoms with Crippen molar-refractivity contribution in [2.45, 2.75) is 33.6 Å². The van der Waals surface area contributed by atoms with E-state index in [4.69, 9.17) is 0 Å². The lowest BCUT2D eigenvalue weighted by Gasteiger charge is -2.16. The Hall–Kier alpha value is -1.26. The molecule has 1 atom stereocenters. The van der Waals surface area contributed by atoms with Crippen LogP contribution in [0.5, 0.6) is 5.75 Å². The monoisotopic (exact) mass is 264 g/mol. The number of hydrogen-bond donors (Lipinski definition) is 0. The second kappa shape index (κ2) is 5.59. The molecule has 1 unspecified atom stereocenters. The van der Waals surface area contributed by atoms with Gasteiger partial charge < -0.3 is 4.74 Å². The maximum absolute atomic E-state index is 13.4. The Kier molecular flexibility index (Phi) is 4.59. The van der Waals surface area contributed by atoms with E-state index in [1.807, 2.05) is 20.8 Å². The third kappa shape index (κ3) is 4.55. The summed E-state index contributed by atoms with van der Waals surface area (Å²) in [6, 6.07) is 3.58. The Bertz CT molecular complexity index is 398. The second-order valence-electron chi connectivity index (χ2n) is 4.74. The summed E-state index contributed by atoms with van der Waals surface area (Å²) in [5.74, 6) is -1.01. The summed E-state index contributed by atoms with van der Waals surface area (Å²) in [5.41, 5.74) is 0.670. The first-order valence-electron chi connectivity index (χ1n) is 5.73. The van der Waals surface area contributed by atoms with Crippen LogP contribution in [0.1, 0.15) is 26.3 Å². The fourth-order valence-corrected chi connectivity index (χ4v) is 1.49. The molecule has 0 amide bonds. The zero-order valence-electron chi connectivity index (χ0n) is 10.5. The molecule has 1 aromatic carbocycles. The molecule has 1 rings (SSSR count). The molecule has 0 spiro atoms. The Morgan fingerprint density at radius 2 is 1.78 bits per heavy atom. The van der Waals surface area contributed by atoms with Gasteiger partial charge in [-0.1, -0.05) is 26.8 Å². The molecular formula is C13H16F4O. The molecule has 0 aromatic heterocycles. The molecule has 0 saturated carbocycles. The molecule has 102 valence electrons. The van der Waals surface area contributed by atoms with Crippen molar-refractivity contribution < 1.29 is 22.3 Å². The average Bonchev–Trinajstić information content (AvgIpc) is 2.20. The summed E-state index contributed by atoms with van der Waals surface area (Å²) in [7, 11) is 0. The first-order chi connectivity index (χ1) is 8.19. The van der Waals surface area contributed by atoms with Gasteiger partial charge in [0.05, 0.1) is 0 Å². The van der Waals surface area contributed by atoms with Crippen molar-refractivity contribution >= 4 is 0 Å². The number of benzene rings is 1. The molecular weight excluding hydrogens is 248 g/mol. The summed E-state index contributed by atoms with van der Waals surface area (Å²) in [5, 5.41) is 0. The molecule has 5 heteroatoms. The van der Waals surface area contributed by atoms with Gasteiger partial charge in [-0.05, 0) is 36.0 Å². The van der Waals surface area contributed by atoms with Crippen molar-refractivity contribution in [3.63, 3.8) is 0 Å². The minimum atomic E-state index is -4.87. The SMILES string of the molecule is CC(C)C(C)Cc1ccc(OC(F)(F)F)c(F)c1. The van der Waals surface area contributed by atoms with Gasteiger partial charge in [-0.25, -0.2) is 4.39 Å². The van der Waals surface area contributed by atoms with E-state index in [1.54, 1.807) is 0 Å². The molecule has 0 bridgehead atoms. The highest BCUT2D eigenvalue weighted by molar-refractivity contribution is 5.29. The molecule has 0 aliphatic rings. The lowest BCUT2D eigenvalue weighted by Crippen LogP contribution is -2.18. The minimum Gasteiger partial charge on any atom is -0.403 e. The number of ether oxygens (including phenoxy) is 1. The predicted molar refractivity (Wildman–Crippen MR) is 60.8 cm³/mol. The van der Waals surface area contributed by atoms with Crippen LogP contribution in [0.3, 0.4) is 0 Å². The first-order valence-corrected chi connectivity index (χ1v) is 5.73. The summed E-state index contributed by atoms with van der Waals surface area (Å²) in [6.07, 6.45) is -4.24. The number of alkyl halides is 3. The van der Waals surface area contributed by atoms with E-state index in [0.717, 1.165) is 12.1 Å². The van der Waals surface area contributed by atoms with Crippen LogP contribution >= 0.6 is 0 Å². The first kappa shape index (κ1) is 14.8. The van der Waals surface area contributed by atoms with Gasteiger partial charge in [0.2, 0.25) is 0 Å². The van der Waals surface area contributed by atoms with E-state index in [1.165, 1.54) is 6.07 Å². The van der Waals surface area contributed by atoms with Gasteiger partial charge in [0, 0.05) is 0 Å². The zero-order valence-corrected chi connectivity index (χ0v) is 10.5. The molecule has 0 N–H and O–H groups in total. The topological polar surface area (TPSA) is 9.23 Å². The Morgan fingerprint density at radius 3 is 2.22 bits per heavy atom. The number of hydrogen-bond acceptors (Lipinski definition) is 1. The maximum Gasteiger partial charge on any atom is 0.573 e. The van der Waals surface area contributed by atoms with E-state index < -0.39 is 17.9 Å². The van der Waals surface area contributed by atoms with Crippen LogP contribution in [0.2, 0.25) is 0 Å². The van der Waals surface area contributed by atoms with Crippen LogP contribution in [-0.2, 0) is 6.42 Å². The third-order valence-corrected chi connectivity index (χ3v) is 2.92. The van der Waals surface area contributed by atoms with Crippen molar-refractivity contribution in [1.29, 1.82) is 0 Å². The Labute approximate surface area is 104 Å². The second-order valence-corrected chi connectivity index (χ2v) is 4.74. The van der Waals surface area contributed by atoms with Crippen LogP contribution in [0.15, 0.2) is 18.2 Å². The fourth-order valence-electron chi connectivity index (χ4n) is 1.49. The third-order valence-electron chi connectivity index (χ3n) is 2.92. The summed E-state index contributed by atoms with van der Waals surface area (Å²) in [4.78, 5) is 0. The lowest BCUT2D eigenvalue weighted by atomic mass is 9.91. The summed E-state index contributed by atoms with van der Waals surface area (Å²) < 4.78 is 52.8. The molecule has 0 saturated heterocycles. The van der Waals surface area contributed by atoms with Crippen LogP contribution in [0.25, 0.3) is 0 Å². The lowest BCUT2D eigenvalue weighted by molar-refractivity contribution is -0.275. The van der Waals surface area contributed by atoms with Crippen LogP contribution < -0.4 is 4.74 Å². The highest BCUT2D eigenvalue weighted by Gasteiger charge is 2.32. The summed E-state index contributed by atoms with van der Waals surface area (Å²) >= 11 is 0. The Morgan fingerprint density at radius 1 is 1.17 bits per heavy atom. The highest BCUT2D eigenvalue weighted by atomic mass is 19.4. The predicted octanol–water partition coefficient (Wildman–Crippen LogP) is 4.56. The standard InChI is InChI=1S/C13H16F4O/c1-8(2)9(3)6-10-4-5-12(11(14)7-10)18-13(15,16)17/h4-5,7-9H,6H2,1-3H3. The van der Waals surface area contributed by atoms with E-state index in [2.05, 4.69) is 4.74 Å². The van der Waals surface area contributed by atoms with Gasteiger partial charge in [0.1, 0.15) is 0 Å². The van der Waals surface area contributed by atoms with E-state index in [0.29, 0.717) is 23.8 Å². The smallest absolute Gasteiger partial charge is 0.403 e. The largest absolute Gasteiger partial charge is 0.573 e. The van der Waals surface area contributed by atoms with Crippen LogP contribution in [-0.4, -0.2) is 6.36 Å². The van der Waals surface area contributed by atoms with E-state index >= 15 is 0 Å². The quantitative estimate of drug-likeness (QED) is 0.724. The van der Waals surface area contributed by atoms with Gasteiger partial charge in [0.25, 0.3) is 0 Å². The molecule has 18 heavy (non-hydrogen) atoms. The Balaban J connectivity index is 2.79. The van der Waals surface area contributed by atoms with Gasteiger partial charge >= 0.3 is 6.36 Å². The van der Waals surface area contributed by atoms with E-state index in [-0.39, 0.29) is 0 Å². The van der Waals surface area contributed by atoms with E-state index in [9.17, 15) is 17.6 Å². The highest BCUT2D eigenvalue weighted by Crippen LogP contribution is 2.27. The maximum atomic E-state index is 13.4. The van der Waals surface area contributed by atoms with Crippen LogP contribution in [0, 0.1) is 17.7 Å². The van der Waals surface area contributed by atoms with Gasteiger partial charge in [-0.3, -0.25) is 0 Å². The number of rotatable bonds is 4. The van der Waals surface area contributed by atoms with Crippen molar-refractivity contribution in [3.8, 4) is 5.75 Å². The van der Waals surface area contributed by atoms with Gasteiger partial charge in [-0.15, -0.1) is 13.2 Å². The van der Waals surface area contributed by atoms with Gasteiger partial charge in [0.15, 0.2) is 11.6 Å². The molecule has 0 aliphatic heterocycles. The number of halogens is 4. The van der Waals surface area contributed by atoms with Crippen molar-refractivity contribution in [2.75, 3.05) is 0 Å².